The van der Waals surface area contributed by atoms with Gasteiger partial charge in [0, 0.05) is 0 Å². The summed E-state index contributed by atoms with van der Waals surface area (Å²) in [4.78, 5) is 9.89. The van der Waals surface area contributed by atoms with E-state index in [4.69, 9.17) is 4.74 Å². The van der Waals surface area contributed by atoms with Crippen LogP contribution >= 0.6 is 0 Å². The van der Waals surface area contributed by atoms with Crippen LogP contribution in [0.1, 0.15) is 6.42 Å². The summed E-state index contributed by atoms with van der Waals surface area (Å²) in [5, 5.41) is 0. The molecule has 1 rings (SSSR count). The van der Waals surface area contributed by atoms with Gasteiger partial charge in [-0.05, 0) is 12.1 Å². The molecule has 0 atom stereocenters. The van der Waals surface area contributed by atoms with Crippen molar-refractivity contribution >= 4 is 6.04 Å². The maximum absolute atomic E-state index is 11.7. The number of hydrogen-bond acceptors (Lipinski definition) is 2. The molecule has 0 spiro atoms. The molecule has 0 bridgehead atoms. The van der Waals surface area contributed by atoms with E-state index in [-0.39, 0.29) is 13.0 Å². The van der Waals surface area contributed by atoms with Crippen molar-refractivity contribution in [2.24, 2.45) is 0 Å². The molecule has 0 fully saturated rings. The molecule has 12 heavy (non-hydrogen) atoms. The number of ether oxygens (including phenoxy) is 1. The number of benzene rings is 1. The van der Waals surface area contributed by atoms with E-state index in [0.29, 0.717) is 5.75 Å². The molecule has 0 aromatic heterocycles. The molecule has 64 valence electrons. The van der Waals surface area contributed by atoms with Crippen LogP contribution in [-0.4, -0.2) is 12.6 Å². The Labute approximate surface area is 70.0 Å². The Bertz CT molecular complexity index is 246. The normalized spacial score (nSPS) is 9.42. The number of carbonyl (C=O) groups excluding carboxylic acids is 1. The van der Waals surface area contributed by atoms with Gasteiger partial charge < -0.3 is 4.74 Å². The van der Waals surface area contributed by atoms with E-state index in [9.17, 15) is 9.18 Å². The minimum absolute atomic E-state index is 0.0966. The summed E-state index contributed by atoms with van der Waals surface area (Å²) >= 11 is 0. The zero-order valence-electron chi connectivity index (χ0n) is 6.50. The van der Waals surface area contributed by atoms with E-state index in [2.05, 4.69) is 0 Å². The lowest BCUT2D eigenvalue weighted by Crippen LogP contribution is -2.01. The molecular weight excluding hydrogens is 159 g/mol. The van der Waals surface area contributed by atoms with Crippen molar-refractivity contribution in [2.45, 2.75) is 6.42 Å². The Morgan fingerprint density at radius 2 is 2.00 bits per heavy atom. The van der Waals surface area contributed by atoms with Gasteiger partial charge in [-0.25, -0.2) is 0 Å². The van der Waals surface area contributed by atoms with Crippen molar-refractivity contribution < 1.29 is 13.9 Å². The maximum atomic E-state index is 11.7. The van der Waals surface area contributed by atoms with Crippen LogP contribution in [0.4, 0.5) is 4.39 Å². The Morgan fingerprint density at radius 3 is 2.58 bits per heavy atom. The van der Waals surface area contributed by atoms with Gasteiger partial charge in [-0.15, -0.1) is 0 Å². The van der Waals surface area contributed by atoms with Gasteiger partial charge in [0.05, 0.1) is 13.0 Å². The van der Waals surface area contributed by atoms with E-state index in [1.807, 2.05) is 18.2 Å². The van der Waals surface area contributed by atoms with Crippen LogP contribution in [0.15, 0.2) is 30.3 Å². The largest absolute Gasteiger partial charge is 0.493 e. The topological polar surface area (TPSA) is 26.3 Å². The molecule has 0 unspecified atom stereocenters. The summed E-state index contributed by atoms with van der Waals surface area (Å²) in [7, 11) is 0. The average Bonchev–Trinajstić information content (AvgIpc) is 2.05. The minimum Gasteiger partial charge on any atom is -0.493 e. The fraction of sp³-hybridized carbons (Fsp3) is 0.222. The van der Waals surface area contributed by atoms with E-state index < -0.39 is 6.04 Å². The molecule has 0 aliphatic carbocycles. The molecule has 0 N–H and O–H groups in total. The lowest BCUT2D eigenvalue weighted by atomic mass is 10.3. The number of para-hydroxylation sites is 1. The third-order valence-corrected chi connectivity index (χ3v) is 1.31. The van der Waals surface area contributed by atoms with Crippen LogP contribution in [0.3, 0.4) is 0 Å². The highest BCUT2D eigenvalue weighted by atomic mass is 19.1. The Kier molecular flexibility index (Phi) is 3.26. The summed E-state index contributed by atoms with van der Waals surface area (Å²) in [6, 6.07) is 7.64. The van der Waals surface area contributed by atoms with Crippen LogP contribution in [0.2, 0.25) is 0 Å². The van der Waals surface area contributed by atoms with Gasteiger partial charge in [-0.2, -0.15) is 4.39 Å². The third kappa shape index (κ3) is 3.14. The SMILES string of the molecule is O=C(F)CCOc1ccccc1. The highest BCUT2D eigenvalue weighted by Gasteiger charge is 1.97. The second kappa shape index (κ2) is 4.49. The van der Waals surface area contributed by atoms with Gasteiger partial charge >= 0.3 is 6.04 Å². The van der Waals surface area contributed by atoms with Crippen molar-refractivity contribution in [1.29, 1.82) is 0 Å². The van der Waals surface area contributed by atoms with Crippen LogP contribution in [0, 0.1) is 0 Å². The van der Waals surface area contributed by atoms with Gasteiger partial charge in [-0.3, -0.25) is 4.79 Å². The number of carbonyl (C=O) groups is 1. The van der Waals surface area contributed by atoms with Crippen molar-refractivity contribution in [2.75, 3.05) is 6.61 Å². The Morgan fingerprint density at radius 1 is 1.33 bits per heavy atom. The molecule has 2 nitrogen and oxygen atoms in total. The minimum atomic E-state index is -1.34. The van der Waals surface area contributed by atoms with Gasteiger partial charge in [0.2, 0.25) is 0 Å². The first-order chi connectivity index (χ1) is 5.79. The Balaban J connectivity index is 2.29. The van der Waals surface area contributed by atoms with Crippen LogP contribution in [0.5, 0.6) is 5.75 Å². The summed E-state index contributed by atoms with van der Waals surface area (Å²) in [6.07, 6.45) is -0.186. The van der Waals surface area contributed by atoms with Gasteiger partial charge in [-0.1, -0.05) is 18.2 Å². The monoisotopic (exact) mass is 168 g/mol. The molecule has 1 aromatic rings. The van der Waals surface area contributed by atoms with E-state index in [1.165, 1.54) is 0 Å². The summed E-state index contributed by atoms with van der Waals surface area (Å²) in [6.45, 7) is 0.0966. The first-order valence-corrected chi connectivity index (χ1v) is 3.65. The predicted octanol–water partition coefficient (Wildman–Crippen LogP) is 1.95. The predicted molar refractivity (Wildman–Crippen MR) is 42.7 cm³/mol. The highest BCUT2D eigenvalue weighted by molar-refractivity contribution is 5.67. The number of halogens is 1. The van der Waals surface area contributed by atoms with Crippen LogP contribution in [-0.2, 0) is 4.79 Å². The van der Waals surface area contributed by atoms with Crippen LogP contribution in [0.25, 0.3) is 0 Å². The first-order valence-electron chi connectivity index (χ1n) is 3.65. The third-order valence-electron chi connectivity index (χ3n) is 1.31. The fourth-order valence-corrected chi connectivity index (χ4v) is 0.766. The van der Waals surface area contributed by atoms with E-state index in [1.54, 1.807) is 12.1 Å². The Hall–Kier alpha value is -1.38. The zero-order chi connectivity index (χ0) is 8.81. The van der Waals surface area contributed by atoms with E-state index in [0.717, 1.165) is 0 Å². The number of rotatable bonds is 4. The summed E-state index contributed by atoms with van der Waals surface area (Å²) < 4.78 is 16.7. The standard InChI is InChI=1S/C9H9FO2/c10-9(11)6-7-12-8-4-2-1-3-5-8/h1-5H,6-7H2. The highest BCUT2D eigenvalue weighted by Crippen LogP contribution is 2.08. The van der Waals surface area contributed by atoms with Crippen molar-refractivity contribution in [1.82, 2.24) is 0 Å². The average molecular weight is 168 g/mol. The van der Waals surface area contributed by atoms with Crippen molar-refractivity contribution in [3.8, 4) is 5.75 Å². The quantitative estimate of drug-likeness (QED) is 0.642. The van der Waals surface area contributed by atoms with Crippen molar-refractivity contribution in [3.05, 3.63) is 30.3 Å². The molecule has 0 heterocycles. The second-order valence-electron chi connectivity index (χ2n) is 2.27. The second-order valence-corrected chi connectivity index (χ2v) is 2.27. The molecule has 0 aliphatic rings. The molecular formula is C9H9FO2. The van der Waals surface area contributed by atoms with Gasteiger partial charge in [0.15, 0.2) is 0 Å². The molecule has 0 amide bonds. The zero-order valence-corrected chi connectivity index (χ0v) is 6.50. The smallest absolute Gasteiger partial charge is 0.304 e. The lowest BCUT2D eigenvalue weighted by Gasteiger charge is -2.01. The fourth-order valence-electron chi connectivity index (χ4n) is 0.766. The first kappa shape index (κ1) is 8.71. The van der Waals surface area contributed by atoms with Crippen molar-refractivity contribution in [3.63, 3.8) is 0 Å². The maximum Gasteiger partial charge on any atom is 0.304 e. The molecule has 1 aromatic carbocycles. The van der Waals surface area contributed by atoms with Gasteiger partial charge in [0.25, 0.3) is 0 Å². The molecule has 0 saturated carbocycles. The van der Waals surface area contributed by atoms with E-state index >= 15 is 0 Å². The summed E-state index contributed by atoms with van der Waals surface area (Å²) in [5.41, 5.74) is 0. The number of hydrogen-bond donors (Lipinski definition) is 0. The molecule has 0 radical (unpaired) electrons. The molecule has 0 aliphatic heterocycles. The molecule has 0 saturated heterocycles. The van der Waals surface area contributed by atoms with Crippen LogP contribution < -0.4 is 4.74 Å². The lowest BCUT2D eigenvalue weighted by molar-refractivity contribution is -0.129. The van der Waals surface area contributed by atoms with Gasteiger partial charge in [0.1, 0.15) is 5.75 Å². The molecule has 3 heteroatoms. The summed E-state index contributed by atoms with van der Waals surface area (Å²) in [5.74, 6) is 0.652.